The van der Waals surface area contributed by atoms with E-state index in [2.05, 4.69) is 0 Å². The predicted octanol–water partition coefficient (Wildman–Crippen LogP) is 2.80. The maximum atomic E-state index is 12.3. The molecule has 4 nitrogen and oxygen atoms in total. The van der Waals surface area contributed by atoms with E-state index in [1.165, 1.54) is 0 Å². The van der Waals surface area contributed by atoms with Gasteiger partial charge in [0, 0.05) is 18.1 Å². The fraction of sp³-hybridized carbons (Fsp3) is 0.429. The number of halogens is 2. The van der Waals surface area contributed by atoms with Crippen LogP contribution in [0.15, 0.2) is 24.3 Å². The summed E-state index contributed by atoms with van der Waals surface area (Å²) in [7, 11) is 0. The topological polar surface area (TPSA) is 57.6 Å². The molecule has 6 heteroatoms. The Labute approximate surface area is 129 Å². The zero-order valence-electron chi connectivity index (χ0n) is 11.1. The molecule has 0 aromatic heterocycles. The number of amides is 1. The van der Waals surface area contributed by atoms with Crippen molar-refractivity contribution >= 4 is 35.9 Å². The summed E-state index contributed by atoms with van der Waals surface area (Å²) in [4.78, 5) is 24.8. The number of hydrogen-bond acceptors (Lipinski definition) is 2. The molecule has 2 atom stereocenters. The van der Waals surface area contributed by atoms with Crippen molar-refractivity contribution in [3.8, 4) is 0 Å². The number of carboxylic acid groups (broad SMARTS) is 1. The number of carboxylic acids is 1. The Bertz CT molecular complexity index is 507. The Hall–Kier alpha value is -1.26. The van der Waals surface area contributed by atoms with Gasteiger partial charge in [0.25, 0.3) is 0 Å². The number of likely N-dealkylation sites (tertiary alicyclic amines) is 1. The van der Waals surface area contributed by atoms with Crippen LogP contribution in [0.2, 0.25) is 5.02 Å². The van der Waals surface area contributed by atoms with Gasteiger partial charge in [-0.05, 0) is 31.0 Å². The second kappa shape index (κ2) is 6.95. The van der Waals surface area contributed by atoms with Gasteiger partial charge in [-0.3, -0.25) is 9.59 Å². The molecule has 2 unspecified atom stereocenters. The third-order valence-corrected chi connectivity index (χ3v) is 3.80. The van der Waals surface area contributed by atoms with E-state index in [9.17, 15) is 9.59 Å². The smallest absolute Gasteiger partial charge is 0.308 e. The lowest BCUT2D eigenvalue weighted by atomic mass is 10.00. The van der Waals surface area contributed by atoms with E-state index in [4.69, 9.17) is 16.7 Å². The number of rotatable bonds is 3. The molecule has 0 spiro atoms. The third-order valence-electron chi connectivity index (χ3n) is 3.57. The summed E-state index contributed by atoms with van der Waals surface area (Å²) in [5.41, 5.74) is 0.858. The lowest BCUT2D eigenvalue weighted by Gasteiger charge is -2.21. The number of carbonyl (C=O) groups excluding carboxylic acids is 1. The fourth-order valence-electron chi connectivity index (χ4n) is 2.35. The Kier molecular flexibility index (Phi) is 5.84. The van der Waals surface area contributed by atoms with E-state index < -0.39 is 11.9 Å². The third kappa shape index (κ3) is 3.64. The van der Waals surface area contributed by atoms with Gasteiger partial charge in [0.05, 0.1) is 11.8 Å². The van der Waals surface area contributed by atoms with Crippen LogP contribution in [0.4, 0.5) is 0 Å². The maximum absolute atomic E-state index is 12.3. The first-order valence-corrected chi connectivity index (χ1v) is 6.64. The maximum Gasteiger partial charge on any atom is 0.308 e. The second-order valence-electron chi connectivity index (χ2n) is 4.88. The van der Waals surface area contributed by atoms with Crippen molar-refractivity contribution in [1.29, 1.82) is 0 Å². The van der Waals surface area contributed by atoms with Crippen LogP contribution in [-0.4, -0.2) is 35.0 Å². The zero-order valence-corrected chi connectivity index (χ0v) is 12.7. The fourth-order valence-corrected chi connectivity index (χ4v) is 2.55. The van der Waals surface area contributed by atoms with Gasteiger partial charge in [-0.25, -0.2) is 0 Å². The van der Waals surface area contributed by atoms with Crippen LogP contribution in [0.1, 0.15) is 24.8 Å². The highest BCUT2D eigenvalue weighted by Crippen LogP contribution is 2.25. The summed E-state index contributed by atoms with van der Waals surface area (Å²) in [5, 5.41) is 9.55. The van der Waals surface area contributed by atoms with E-state index in [1.54, 1.807) is 17.0 Å². The molecule has 1 aromatic rings. The minimum absolute atomic E-state index is 0. The van der Waals surface area contributed by atoms with Gasteiger partial charge in [-0.15, -0.1) is 12.4 Å². The molecule has 0 radical (unpaired) electrons. The standard InChI is InChI=1S/C14H16ClNO3.ClH/c1-9(10-3-2-4-12(15)7-10)13(17)16-6-5-11(8-16)14(18)19;/h2-4,7,9,11H,5-6,8H2,1H3,(H,18,19);1H. The van der Waals surface area contributed by atoms with Gasteiger partial charge in [0.2, 0.25) is 5.91 Å². The van der Waals surface area contributed by atoms with Crippen LogP contribution < -0.4 is 0 Å². The normalized spacial score (nSPS) is 19.3. The monoisotopic (exact) mass is 317 g/mol. The van der Waals surface area contributed by atoms with Crippen LogP contribution in [0.5, 0.6) is 0 Å². The van der Waals surface area contributed by atoms with E-state index in [0.29, 0.717) is 24.5 Å². The molecule has 1 N–H and O–H groups in total. The van der Waals surface area contributed by atoms with Crippen LogP contribution >= 0.6 is 24.0 Å². The van der Waals surface area contributed by atoms with E-state index in [0.717, 1.165) is 5.56 Å². The lowest BCUT2D eigenvalue weighted by molar-refractivity contribution is -0.141. The Morgan fingerprint density at radius 1 is 1.45 bits per heavy atom. The van der Waals surface area contributed by atoms with E-state index in [-0.39, 0.29) is 24.2 Å². The molecular formula is C14H17Cl2NO3. The second-order valence-corrected chi connectivity index (χ2v) is 5.32. The average Bonchev–Trinajstić information content (AvgIpc) is 2.86. The highest BCUT2D eigenvalue weighted by atomic mass is 35.5. The first-order valence-electron chi connectivity index (χ1n) is 6.26. The number of nitrogens with zero attached hydrogens (tertiary/aromatic N) is 1. The van der Waals surface area contributed by atoms with E-state index >= 15 is 0 Å². The summed E-state index contributed by atoms with van der Waals surface area (Å²) >= 11 is 5.92. The number of aliphatic carboxylic acids is 1. The molecule has 1 aliphatic heterocycles. The van der Waals surface area contributed by atoms with Gasteiger partial charge >= 0.3 is 5.97 Å². The molecule has 2 rings (SSSR count). The number of hydrogen-bond donors (Lipinski definition) is 1. The zero-order chi connectivity index (χ0) is 14.0. The molecule has 0 bridgehead atoms. The lowest BCUT2D eigenvalue weighted by Crippen LogP contribution is -2.33. The van der Waals surface area contributed by atoms with Gasteiger partial charge in [-0.1, -0.05) is 23.7 Å². The first-order chi connectivity index (χ1) is 8.99. The molecule has 0 saturated carbocycles. The van der Waals surface area contributed by atoms with Gasteiger partial charge in [0.1, 0.15) is 0 Å². The van der Waals surface area contributed by atoms with Crippen molar-refractivity contribution in [3.05, 3.63) is 34.9 Å². The first kappa shape index (κ1) is 16.8. The molecule has 1 aromatic carbocycles. The molecule has 1 fully saturated rings. The predicted molar refractivity (Wildman–Crippen MR) is 79.4 cm³/mol. The van der Waals surface area contributed by atoms with Crippen LogP contribution in [0.25, 0.3) is 0 Å². The van der Waals surface area contributed by atoms with Crippen molar-refractivity contribution in [3.63, 3.8) is 0 Å². The molecule has 0 aliphatic carbocycles. The highest BCUT2D eigenvalue weighted by Gasteiger charge is 2.33. The Morgan fingerprint density at radius 2 is 2.15 bits per heavy atom. The quantitative estimate of drug-likeness (QED) is 0.932. The molecule has 1 saturated heterocycles. The van der Waals surface area contributed by atoms with Crippen LogP contribution in [-0.2, 0) is 9.59 Å². The minimum atomic E-state index is -0.828. The summed E-state index contributed by atoms with van der Waals surface area (Å²) < 4.78 is 0. The molecule has 1 aliphatic rings. The summed E-state index contributed by atoms with van der Waals surface area (Å²) in [6.45, 7) is 2.64. The molecule has 1 heterocycles. The number of carbonyl (C=O) groups is 2. The molecule has 1 amide bonds. The Morgan fingerprint density at radius 3 is 2.70 bits per heavy atom. The number of benzene rings is 1. The van der Waals surface area contributed by atoms with Gasteiger partial charge < -0.3 is 10.0 Å². The highest BCUT2D eigenvalue weighted by molar-refractivity contribution is 6.30. The summed E-state index contributed by atoms with van der Waals surface area (Å²) in [6.07, 6.45) is 0.531. The molecular weight excluding hydrogens is 301 g/mol. The van der Waals surface area contributed by atoms with Crippen molar-refractivity contribution in [2.24, 2.45) is 5.92 Å². The van der Waals surface area contributed by atoms with Crippen LogP contribution in [0.3, 0.4) is 0 Å². The van der Waals surface area contributed by atoms with Crippen LogP contribution in [0, 0.1) is 5.92 Å². The molecule has 20 heavy (non-hydrogen) atoms. The van der Waals surface area contributed by atoms with Gasteiger partial charge in [-0.2, -0.15) is 0 Å². The summed E-state index contributed by atoms with van der Waals surface area (Å²) in [6, 6.07) is 7.21. The van der Waals surface area contributed by atoms with Crippen molar-refractivity contribution in [1.82, 2.24) is 4.90 Å². The average molecular weight is 318 g/mol. The molecule has 110 valence electrons. The van der Waals surface area contributed by atoms with E-state index in [1.807, 2.05) is 19.1 Å². The largest absolute Gasteiger partial charge is 0.481 e. The van der Waals surface area contributed by atoms with Gasteiger partial charge in [0.15, 0.2) is 0 Å². The minimum Gasteiger partial charge on any atom is -0.481 e. The summed E-state index contributed by atoms with van der Waals surface area (Å²) in [5.74, 6) is -1.60. The van der Waals surface area contributed by atoms with Crippen molar-refractivity contribution in [2.75, 3.05) is 13.1 Å². The SMILES string of the molecule is CC(C(=O)N1CCC(C(=O)O)C1)c1cccc(Cl)c1.Cl. The van der Waals surface area contributed by atoms with Crippen molar-refractivity contribution in [2.45, 2.75) is 19.3 Å². The van der Waals surface area contributed by atoms with Crippen molar-refractivity contribution < 1.29 is 14.7 Å². The Balaban J connectivity index is 0.00000200.